The first-order chi connectivity index (χ1) is 22.3. The number of ether oxygens (including phenoxy) is 2. The zero-order chi connectivity index (χ0) is 35.3. The van der Waals surface area contributed by atoms with Crippen LogP contribution in [0.4, 0.5) is 0 Å². The van der Waals surface area contributed by atoms with Crippen LogP contribution in [-0.4, -0.2) is 124 Å². The third-order valence-corrected chi connectivity index (χ3v) is 9.52. The summed E-state index contributed by atoms with van der Waals surface area (Å²) in [5.41, 5.74) is 1.15. The van der Waals surface area contributed by atoms with Crippen LogP contribution in [0.1, 0.15) is 65.9 Å². The van der Waals surface area contributed by atoms with Gasteiger partial charge >= 0.3 is 0 Å². The van der Waals surface area contributed by atoms with E-state index in [2.05, 4.69) is 24.5 Å². The Hall–Kier alpha value is -3.02. The van der Waals surface area contributed by atoms with Crippen molar-refractivity contribution in [1.29, 1.82) is 0 Å². The highest BCUT2D eigenvalue weighted by Gasteiger charge is 2.42. The van der Waals surface area contributed by atoms with Gasteiger partial charge in [-0.05, 0) is 50.8 Å². The van der Waals surface area contributed by atoms with Gasteiger partial charge in [-0.2, -0.15) is 0 Å². The fourth-order valence-electron chi connectivity index (χ4n) is 6.68. The lowest BCUT2D eigenvalue weighted by molar-refractivity contribution is -0.147. The Labute approximate surface area is 283 Å². The van der Waals surface area contributed by atoms with E-state index in [1.807, 2.05) is 56.0 Å². The first-order valence-electron chi connectivity index (χ1n) is 17.1. The van der Waals surface area contributed by atoms with Gasteiger partial charge in [0.2, 0.25) is 23.6 Å². The monoisotopic (exact) mass is 659 g/mol. The molecule has 2 rings (SSSR count). The van der Waals surface area contributed by atoms with Crippen LogP contribution in [-0.2, 0) is 35.1 Å². The predicted molar refractivity (Wildman–Crippen MR) is 185 cm³/mol. The number of likely N-dealkylation sites (N-methyl/N-ethyl adjacent to an activating group) is 2. The third-order valence-electron chi connectivity index (χ3n) is 9.52. The molecule has 1 aromatic carbocycles. The highest BCUT2D eigenvalue weighted by molar-refractivity contribution is 5.88. The molecule has 1 saturated heterocycles. The number of rotatable bonds is 19. The molecule has 1 fully saturated rings. The van der Waals surface area contributed by atoms with Crippen molar-refractivity contribution in [2.24, 2.45) is 17.8 Å². The number of carbonyl (C=O) groups excluding carboxylic acids is 4. The second-order valence-electron chi connectivity index (χ2n) is 13.6. The summed E-state index contributed by atoms with van der Waals surface area (Å²) >= 11 is 0. The average molecular weight is 660 g/mol. The number of hydrogen-bond acceptors (Lipinski definition) is 7. The zero-order valence-corrected chi connectivity index (χ0v) is 30.5. The highest BCUT2D eigenvalue weighted by Crippen LogP contribution is 2.29. The highest BCUT2D eigenvalue weighted by atomic mass is 16.5. The summed E-state index contributed by atoms with van der Waals surface area (Å²) in [6.07, 6.45) is 2.09. The Balaban J connectivity index is 2.17. The van der Waals surface area contributed by atoms with Crippen molar-refractivity contribution in [2.45, 2.75) is 97.1 Å². The molecule has 4 amide bonds. The van der Waals surface area contributed by atoms with Gasteiger partial charge in [0.15, 0.2) is 0 Å². The molecule has 11 heteroatoms. The average Bonchev–Trinajstić information content (AvgIpc) is 3.52. The summed E-state index contributed by atoms with van der Waals surface area (Å²) in [4.78, 5) is 58.9. The van der Waals surface area contributed by atoms with Crippen LogP contribution >= 0.6 is 0 Å². The molecule has 266 valence electrons. The molecule has 2 N–H and O–H groups in total. The van der Waals surface area contributed by atoms with Crippen LogP contribution in [0.25, 0.3) is 0 Å². The summed E-state index contributed by atoms with van der Waals surface area (Å²) in [6.45, 7) is 11.0. The number of nitrogens with one attached hydrogen (secondary N) is 2. The second-order valence-corrected chi connectivity index (χ2v) is 13.6. The van der Waals surface area contributed by atoms with Gasteiger partial charge in [-0.3, -0.25) is 19.2 Å². The summed E-state index contributed by atoms with van der Waals surface area (Å²) in [5.74, 6) is -1.20. The molecule has 0 aliphatic carbocycles. The fourth-order valence-corrected chi connectivity index (χ4v) is 6.68. The van der Waals surface area contributed by atoms with E-state index in [-0.39, 0.29) is 54.5 Å². The van der Waals surface area contributed by atoms with Crippen molar-refractivity contribution >= 4 is 23.6 Å². The molecule has 0 aromatic heterocycles. The summed E-state index contributed by atoms with van der Waals surface area (Å²) in [7, 11) is 8.52. The number of likely N-dealkylation sites (tertiary alicyclic amines) is 1. The van der Waals surface area contributed by atoms with Gasteiger partial charge < -0.3 is 34.8 Å². The fraction of sp³-hybridized carbons (Fsp3) is 0.722. The van der Waals surface area contributed by atoms with E-state index < -0.39 is 30.2 Å². The smallest absolute Gasteiger partial charge is 0.245 e. The Morgan fingerprint density at radius 2 is 1.66 bits per heavy atom. The number of benzene rings is 1. The molecule has 1 aromatic rings. The quantitative estimate of drug-likeness (QED) is 0.234. The van der Waals surface area contributed by atoms with Crippen LogP contribution < -0.4 is 10.6 Å². The molecule has 1 heterocycles. The van der Waals surface area contributed by atoms with Gasteiger partial charge in [-0.1, -0.05) is 71.4 Å². The molecule has 0 unspecified atom stereocenters. The van der Waals surface area contributed by atoms with Crippen LogP contribution in [0.2, 0.25) is 0 Å². The minimum absolute atomic E-state index is 0.0210. The Morgan fingerprint density at radius 3 is 2.21 bits per heavy atom. The molecule has 0 bridgehead atoms. The van der Waals surface area contributed by atoms with E-state index in [0.29, 0.717) is 13.1 Å². The van der Waals surface area contributed by atoms with Crippen molar-refractivity contribution in [3.05, 3.63) is 35.9 Å². The summed E-state index contributed by atoms with van der Waals surface area (Å²) in [5, 5.41) is 5.95. The molecule has 47 heavy (non-hydrogen) atoms. The van der Waals surface area contributed by atoms with Crippen molar-refractivity contribution in [3.8, 4) is 0 Å². The predicted octanol–water partition coefficient (Wildman–Crippen LogP) is 2.97. The topological polar surface area (TPSA) is 121 Å². The molecule has 0 spiro atoms. The van der Waals surface area contributed by atoms with Gasteiger partial charge in [0.1, 0.15) is 6.04 Å². The van der Waals surface area contributed by atoms with Crippen molar-refractivity contribution < 1.29 is 28.7 Å². The van der Waals surface area contributed by atoms with Gasteiger partial charge in [-0.25, -0.2) is 0 Å². The second kappa shape index (κ2) is 19.7. The lowest BCUT2D eigenvalue weighted by atomic mass is 9.89. The molecule has 0 radical (unpaired) electrons. The summed E-state index contributed by atoms with van der Waals surface area (Å²) < 4.78 is 11.9. The maximum atomic E-state index is 14.0. The molecule has 1 aliphatic rings. The zero-order valence-electron chi connectivity index (χ0n) is 30.5. The van der Waals surface area contributed by atoms with Crippen LogP contribution in [0, 0.1) is 17.8 Å². The van der Waals surface area contributed by atoms with Crippen LogP contribution in [0.5, 0.6) is 0 Å². The number of methoxy groups -OCH3 is 2. The number of nitrogens with zero attached hydrogens (tertiary/aromatic N) is 3. The Bertz CT molecular complexity index is 1130. The van der Waals surface area contributed by atoms with Crippen LogP contribution in [0.3, 0.4) is 0 Å². The van der Waals surface area contributed by atoms with E-state index in [1.165, 1.54) is 0 Å². The SMILES string of the molecule is CC[C@H](C)[C@@H]([C@@H](CC(=O)N1CCC[C@H]1[C@H](OC)[C@@H](C)C(=O)NCCc1ccccc1)OC)N(C)C(=O)[C@@H](NC(=O)CN(C)C)C(C)C. The first-order valence-corrected chi connectivity index (χ1v) is 17.1. The van der Waals surface area contributed by atoms with E-state index in [4.69, 9.17) is 9.47 Å². The Morgan fingerprint density at radius 1 is 1.00 bits per heavy atom. The van der Waals surface area contributed by atoms with Crippen molar-refractivity contribution in [2.75, 3.05) is 55.0 Å². The Kier molecular flexibility index (Phi) is 16.8. The van der Waals surface area contributed by atoms with Crippen LogP contribution in [0.15, 0.2) is 30.3 Å². The molecular formula is C36H61N5O6. The largest absolute Gasteiger partial charge is 0.379 e. The first kappa shape index (κ1) is 40.2. The van der Waals surface area contributed by atoms with Gasteiger partial charge in [-0.15, -0.1) is 0 Å². The van der Waals surface area contributed by atoms with Gasteiger partial charge in [0.25, 0.3) is 0 Å². The molecule has 1 aliphatic heterocycles. The maximum absolute atomic E-state index is 14.0. The van der Waals surface area contributed by atoms with Crippen molar-refractivity contribution in [3.63, 3.8) is 0 Å². The standard InChI is InChI=1S/C36H61N5O6/c1-11-25(4)33(40(8)36(45)32(24(2)3)38-30(42)23-39(6)7)29(46-9)22-31(43)41-21-15-18-28(41)34(47-10)26(5)35(44)37-20-19-27-16-13-12-14-17-27/h12-14,16-17,24-26,28-29,32-34H,11,15,18-23H2,1-10H3,(H,37,44)(H,38,42)/t25-,26+,28-,29+,32-,33-,34+/m0/s1. The van der Waals surface area contributed by atoms with Crippen molar-refractivity contribution in [1.82, 2.24) is 25.3 Å². The number of carbonyl (C=O) groups is 4. The lowest BCUT2D eigenvalue weighted by Crippen LogP contribution is -2.58. The van der Waals surface area contributed by atoms with E-state index in [9.17, 15) is 19.2 Å². The van der Waals surface area contributed by atoms with E-state index in [0.717, 1.165) is 31.2 Å². The van der Waals surface area contributed by atoms with Gasteiger partial charge in [0.05, 0.1) is 43.2 Å². The minimum Gasteiger partial charge on any atom is -0.379 e. The third kappa shape index (κ3) is 11.6. The normalized spacial score (nSPS) is 18.7. The molecule has 7 atom stereocenters. The maximum Gasteiger partial charge on any atom is 0.245 e. The number of amides is 4. The van der Waals surface area contributed by atoms with Gasteiger partial charge in [0, 0.05) is 34.4 Å². The minimum atomic E-state index is -0.710. The molecule has 11 nitrogen and oxygen atoms in total. The van der Waals surface area contributed by atoms with E-state index in [1.54, 1.807) is 45.2 Å². The summed E-state index contributed by atoms with van der Waals surface area (Å²) in [6, 6.07) is 8.65. The van der Waals surface area contributed by atoms with E-state index >= 15 is 0 Å². The molecule has 0 saturated carbocycles. The lowest BCUT2D eigenvalue weighted by Gasteiger charge is -2.40. The molecular weight excluding hydrogens is 598 g/mol. The number of hydrogen-bond donors (Lipinski definition) is 2.